The number of carbonyl (C=O) groups is 1. The Kier molecular flexibility index (Phi) is 4.60. The van der Waals surface area contributed by atoms with E-state index < -0.39 is 0 Å². The number of aromatic nitrogens is 2. The largest absolute Gasteiger partial charge is 0.337 e. The molecule has 1 unspecified atom stereocenters. The highest BCUT2D eigenvalue weighted by Gasteiger charge is 2.32. The smallest absolute Gasteiger partial charge is 0.255 e. The van der Waals surface area contributed by atoms with Crippen LogP contribution in [-0.4, -0.2) is 39.4 Å². The molecular formula is C23H24N4OS. The van der Waals surface area contributed by atoms with Crippen LogP contribution in [0.5, 0.6) is 0 Å². The molecule has 5 rings (SSSR count). The van der Waals surface area contributed by atoms with Crippen LogP contribution in [0.1, 0.15) is 26.2 Å². The summed E-state index contributed by atoms with van der Waals surface area (Å²) in [5, 5.41) is 5.06. The van der Waals surface area contributed by atoms with Crippen molar-refractivity contribution in [1.82, 2.24) is 14.9 Å². The second-order valence-corrected chi connectivity index (χ2v) is 8.94. The normalized spacial score (nSPS) is 22.2. The van der Waals surface area contributed by atoms with Gasteiger partial charge in [0.1, 0.15) is 5.82 Å². The number of H-pyrrole nitrogens is 1. The number of anilines is 1. The monoisotopic (exact) mass is 404 g/mol. The zero-order chi connectivity index (χ0) is 19.8. The van der Waals surface area contributed by atoms with E-state index in [1.807, 2.05) is 41.8 Å². The Morgan fingerprint density at radius 2 is 2.14 bits per heavy atom. The molecule has 0 spiro atoms. The number of benzene rings is 1. The van der Waals surface area contributed by atoms with Crippen molar-refractivity contribution >= 4 is 34.0 Å². The Hall–Kier alpha value is -2.70. The maximum Gasteiger partial charge on any atom is 0.255 e. The molecule has 1 aliphatic carbocycles. The third kappa shape index (κ3) is 3.54. The molecule has 1 aromatic carbocycles. The van der Waals surface area contributed by atoms with Crippen LogP contribution in [0.25, 0.3) is 21.7 Å². The van der Waals surface area contributed by atoms with Gasteiger partial charge in [-0.25, -0.2) is 4.98 Å². The van der Waals surface area contributed by atoms with Gasteiger partial charge in [0.15, 0.2) is 0 Å². The zero-order valence-electron chi connectivity index (χ0n) is 16.4. The van der Waals surface area contributed by atoms with Crippen molar-refractivity contribution in [3.05, 3.63) is 59.5 Å². The highest BCUT2D eigenvalue weighted by Crippen LogP contribution is 2.31. The van der Waals surface area contributed by atoms with Gasteiger partial charge in [0.2, 0.25) is 0 Å². The van der Waals surface area contributed by atoms with Gasteiger partial charge in [-0.15, -0.1) is 11.3 Å². The fraction of sp³-hybridized carbons (Fsp3) is 0.304. The SMILES string of the molecule is CC1(N2CCCC2)C=CC(C(=O)Nc2ccc3nc(-c4cccs4)[nH]c3c2)=CC1. The molecule has 1 fully saturated rings. The number of fused-ring (bicyclic) bond motifs is 1. The molecule has 0 saturated carbocycles. The number of nitrogens with zero attached hydrogens (tertiary/aromatic N) is 2. The minimum Gasteiger partial charge on any atom is -0.337 e. The van der Waals surface area contributed by atoms with Crippen LogP contribution < -0.4 is 5.32 Å². The average molecular weight is 405 g/mol. The number of hydrogen-bond acceptors (Lipinski definition) is 4. The van der Waals surface area contributed by atoms with Gasteiger partial charge in [-0.3, -0.25) is 9.69 Å². The Morgan fingerprint density at radius 3 is 2.86 bits per heavy atom. The molecule has 148 valence electrons. The number of rotatable bonds is 4. The van der Waals surface area contributed by atoms with E-state index in [1.165, 1.54) is 12.8 Å². The lowest BCUT2D eigenvalue weighted by molar-refractivity contribution is -0.112. The van der Waals surface area contributed by atoms with Crippen molar-refractivity contribution in [2.45, 2.75) is 31.7 Å². The van der Waals surface area contributed by atoms with Gasteiger partial charge in [-0.05, 0) is 68.9 Å². The van der Waals surface area contributed by atoms with Crippen molar-refractivity contribution in [2.75, 3.05) is 18.4 Å². The number of thiophene rings is 1. The molecule has 1 aliphatic heterocycles. The first kappa shape index (κ1) is 18.3. The first-order chi connectivity index (χ1) is 14.1. The summed E-state index contributed by atoms with van der Waals surface area (Å²) in [5.74, 6) is 0.791. The molecule has 1 saturated heterocycles. The summed E-state index contributed by atoms with van der Waals surface area (Å²) in [6, 6.07) is 9.84. The number of imidazole rings is 1. The van der Waals surface area contributed by atoms with Crippen molar-refractivity contribution in [3.8, 4) is 10.7 Å². The maximum absolute atomic E-state index is 12.8. The summed E-state index contributed by atoms with van der Waals surface area (Å²) < 4.78 is 0. The summed E-state index contributed by atoms with van der Waals surface area (Å²) >= 11 is 1.65. The second kappa shape index (κ2) is 7.28. The van der Waals surface area contributed by atoms with Crippen molar-refractivity contribution in [3.63, 3.8) is 0 Å². The summed E-state index contributed by atoms with van der Waals surface area (Å²) in [5.41, 5.74) is 3.34. The highest BCUT2D eigenvalue weighted by molar-refractivity contribution is 7.13. The van der Waals surface area contributed by atoms with Crippen LogP contribution in [-0.2, 0) is 4.79 Å². The molecule has 2 N–H and O–H groups in total. The molecular weight excluding hydrogens is 380 g/mol. The molecule has 2 aliphatic rings. The topological polar surface area (TPSA) is 61.0 Å². The molecule has 2 aromatic heterocycles. The predicted molar refractivity (Wildman–Crippen MR) is 119 cm³/mol. The van der Waals surface area contributed by atoms with E-state index in [4.69, 9.17) is 0 Å². The van der Waals surface area contributed by atoms with E-state index in [-0.39, 0.29) is 11.4 Å². The lowest BCUT2D eigenvalue weighted by Crippen LogP contribution is -2.43. The van der Waals surface area contributed by atoms with Gasteiger partial charge in [-0.2, -0.15) is 0 Å². The van der Waals surface area contributed by atoms with Crippen LogP contribution in [0, 0.1) is 0 Å². The number of hydrogen-bond donors (Lipinski definition) is 2. The van der Waals surface area contributed by atoms with Gasteiger partial charge >= 0.3 is 0 Å². The Bertz CT molecular complexity index is 1110. The average Bonchev–Trinajstić information content (AvgIpc) is 3.49. The molecule has 3 aromatic rings. The molecule has 0 radical (unpaired) electrons. The van der Waals surface area contributed by atoms with E-state index in [9.17, 15) is 4.79 Å². The predicted octanol–water partition coefficient (Wildman–Crippen LogP) is 4.97. The lowest BCUT2D eigenvalue weighted by Gasteiger charge is -2.37. The second-order valence-electron chi connectivity index (χ2n) is 8.00. The van der Waals surface area contributed by atoms with Gasteiger partial charge in [0.25, 0.3) is 5.91 Å². The molecule has 1 amide bonds. The standard InChI is InChI=1S/C23H24N4OS/c1-23(27-12-2-3-13-27)10-8-16(9-11-23)22(28)24-17-6-7-18-19(15-17)26-21(25-18)20-5-4-14-29-20/h4-10,14-15H,2-3,11-13H2,1H3,(H,24,28)(H,25,26). The third-order valence-electron chi connectivity index (χ3n) is 5.94. The fourth-order valence-corrected chi connectivity index (χ4v) is 4.84. The fourth-order valence-electron chi connectivity index (χ4n) is 4.17. The third-order valence-corrected chi connectivity index (χ3v) is 6.82. The molecule has 5 nitrogen and oxygen atoms in total. The van der Waals surface area contributed by atoms with Gasteiger partial charge < -0.3 is 10.3 Å². The van der Waals surface area contributed by atoms with E-state index in [2.05, 4.69) is 39.3 Å². The Labute approximate surface area is 174 Å². The minimum atomic E-state index is -0.0675. The van der Waals surface area contributed by atoms with E-state index in [0.717, 1.165) is 52.5 Å². The van der Waals surface area contributed by atoms with Crippen molar-refractivity contribution in [2.24, 2.45) is 0 Å². The van der Waals surface area contributed by atoms with Gasteiger partial charge in [0, 0.05) is 16.8 Å². The number of nitrogens with one attached hydrogen (secondary N) is 2. The first-order valence-corrected chi connectivity index (χ1v) is 11.0. The summed E-state index contributed by atoms with van der Waals surface area (Å²) in [6.07, 6.45) is 9.64. The zero-order valence-corrected chi connectivity index (χ0v) is 17.3. The molecule has 1 atom stereocenters. The van der Waals surface area contributed by atoms with Crippen molar-refractivity contribution < 1.29 is 4.79 Å². The lowest BCUT2D eigenvalue weighted by atomic mass is 9.88. The van der Waals surface area contributed by atoms with E-state index >= 15 is 0 Å². The molecule has 3 heterocycles. The number of amides is 1. The van der Waals surface area contributed by atoms with Crippen LogP contribution in [0.2, 0.25) is 0 Å². The summed E-state index contributed by atoms with van der Waals surface area (Å²) in [7, 11) is 0. The van der Waals surface area contributed by atoms with Gasteiger partial charge in [-0.1, -0.05) is 24.3 Å². The Balaban J connectivity index is 1.30. The van der Waals surface area contributed by atoms with Crippen LogP contribution in [0.4, 0.5) is 5.69 Å². The number of carbonyl (C=O) groups excluding carboxylic acids is 1. The van der Waals surface area contributed by atoms with Crippen LogP contribution in [0.15, 0.2) is 59.5 Å². The van der Waals surface area contributed by atoms with E-state index in [1.54, 1.807) is 11.3 Å². The minimum absolute atomic E-state index is 0.0350. The van der Waals surface area contributed by atoms with Crippen molar-refractivity contribution in [1.29, 1.82) is 0 Å². The number of aromatic amines is 1. The first-order valence-electron chi connectivity index (χ1n) is 10.1. The maximum atomic E-state index is 12.8. The summed E-state index contributed by atoms with van der Waals surface area (Å²) in [6.45, 7) is 4.55. The summed E-state index contributed by atoms with van der Waals surface area (Å²) in [4.78, 5) is 24.4. The molecule has 29 heavy (non-hydrogen) atoms. The quantitative estimate of drug-likeness (QED) is 0.645. The number of likely N-dealkylation sites (tertiary alicyclic amines) is 1. The Morgan fingerprint density at radius 1 is 1.28 bits per heavy atom. The van der Waals surface area contributed by atoms with E-state index in [0.29, 0.717) is 0 Å². The molecule has 0 bridgehead atoms. The van der Waals surface area contributed by atoms with Crippen LogP contribution in [0.3, 0.4) is 0 Å². The highest BCUT2D eigenvalue weighted by atomic mass is 32.1. The molecule has 6 heteroatoms. The van der Waals surface area contributed by atoms with Gasteiger partial charge in [0.05, 0.1) is 15.9 Å². The van der Waals surface area contributed by atoms with Crippen LogP contribution >= 0.6 is 11.3 Å².